The zero-order valence-corrected chi connectivity index (χ0v) is 16.2. The normalized spacial score (nSPS) is 10.6. The average Bonchev–Trinajstić information content (AvgIpc) is 2.69. The smallest absolute Gasteiger partial charge is 0.257 e. The predicted molar refractivity (Wildman–Crippen MR) is 112 cm³/mol. The molecule has 2 aromatic carbocycles. The SMILES string of the molecule is CC(=O)c1ccc(NC(=O)c2cncc(Nc3ccccc3C(C)C)c2)cc1. The lowest BCUT2D eigenvalue weighted by atomic mass is 10.0. The first-order valence-corrected chi connectivity index (χ1v) is 9.17. The van der Waals surface area contributed by atoms with Crippen LogP contribution in [-0.2, 0) is 0 Å². The van der Waals surface area contributed by atoms with E-state index < -0.39 is 0 Å². The topological polar surface area (TPSA) is 71.1 Å². The number of amides is 1. The van der Waals surface area contributed by atoms with Gasteiger partial charge in [0.15, 0.2) is 5.78 Å². The Hall–Kier alpha value is -3.47. The van der Waals surface area contributed by atoms with Crippen LogP contribution in [0.15, 0.2) is 67.0 Å². The Morgan fingerprint density at radius 3 is 2.29 bits per heavy atom. The number of hydrogen-bond donors (Lipinski definition) is 2. The Kier molecular flexibility index (Phi) is 5.84. The van der Waals surface area contributed by atoms with Gasteiger partial charge in [-0.05, 0) is 54.8 Å². The van der Waals surface area contributed by atoms with Crippen LogP contribution >= 0.6 is 0 Å². The summed E-state index contributed by atoms with van der Waals surface area (Å²) in [6, 6.07) is 16.7. The van der Waals surface area contributed by atoms with E-state index in [1.54, 1.807) is 36.5 Å². The molecule has 0 aliphatic heterocycles. The molecule has 0 aliphatic rings. The number of Topliss-reactive ketones (excluding diaryl/α,β-unsaturated/α-hetero) is 1. The largest absolute Gasteiger partial charge is 0.354 e. The summed E-state index contributed by atoms with van der Waals surface area (Å²) in [7, 11) is 0. The Bertz CT molecular complexity index is 995. The Morgan fingerprint density at radius 2 is 1.61 bits per heavy atom. The van der Waals surface area contributed by atoms with Gasteiger partial charge >= 0.3 is 0 Å². The van der Waals surface area contributed by atoms with Crippen molar-refractivity contribution < 1.29 is 9.59 Å². The molecule has 0 aliphatic carbocycles. The lowest BCUT2D eigenvalue weighted by Gasteiger charge is -2.15. The molecule has 1 heterocycles. The second-order valence-electron chi connectivity index (χ2n) is 6.92. The Labute approximate surface area is 164 Å². The van der Waals surface area contributed by atoms with Crippen molar-refractivity contribution in [3.05, 3.63) is 83.7 Å². The summed E-state index contributed by atoms with van der Waals surface area (Å²) in [6.45, 7) is 5.79. The molecule has 0 bridgehead atoms. The fraction of sp³-hybridized carbons (Fsp3) is 0.174. The molecule has 0 unspecified atom stereocenters. The van der Waals surface area contributed by atoms with Gasteiger partial charge in [-0.25, -0.2) is 0 Å². The minimum absolute atomic E-state index is 0.0115. The molecule has 142 valence electrons. The van der Waals surface area contributed by atoms with Gasteiger partial charge in [0.2, 0.25) is 0 Å². The van der Waals surface area contributed by atoms with E-state index in [1.165, 1.54) is 18.7 Å². The molecule has 1 aromatic heterocycles. The van der Waals surface area contributed by atoms with Crippen molar-refractivity contribution in [2.75, 3.05) is 10.6 Å². The molecule has 3 aromatic rings. The number of nitrogens with zero attached hydrogens (tertiary/aromatic N) is 1. The molecule has 0 saturated heterocycles. The van der Waals surface area contributed by atoms with Crippen LogP contribution in [-0.4, -0.2) is 16.7 Å². The number of ketones is 1. The molecule has 0 atom stereocenters. The molecule has 2 N–H and O–H groups in total. The van der Waals surface area contributed by atoms with E-state index in [1.807, 2.05) is 18.2 Å². The van der Waals surface area contributed by atoms with Crippen molar-refractivity contribution in [2.24, 2.45) is 0 Å². The molecule has 1 amide bonds. The minimum atomic E-state index is -0.260. The highest BCUT2D eigenvalue weighted by atomic mass is 16.1. The van der Waals surface area contributed by atoms with E-state index in [4.69, 9.17) is 0 Å². The van der Waals surface area contributed by atoms with Crippen molar-refractivity contribution in [2.45, 2.75) is 26.7 Å². The van der Waals surface area contributed by atoms with Gasteiger partial charge in [-0.3, -0.25) is 14.6 Å². The van der Waals surface area contributed by atoms with Crippen molar-refractivity contribution in [3.63, 3.8) is 0 Å². The van der Waals surface area contributed by atoms with Crippen molar-refractivity contribution >= 4 is 28.8 Å². The summed E-state index contributed by atoms with van der Waals surface area (Å²) in [4.78, 5) is 28.1. The van der Waals surface area contributed by atoms with Gasteiger partial charge < -0.3 is 10.6 Å². The van der Waals surface area contributed by atoms with E-state index in [-0.39, 0.29) is 11.7 Å². The summed E-state index contributed by atoms with van der Waals surface area (Å²) in [5, 5.41) is 6.18. The monoisotopic (exact) mass is 373 g/mol. The molecule has 5 nitrogen and oxygen atoms in total. The average molecular weight is 373 g/mol. The van der Waals surface area contributed by atoms with Crippen LogP contribution < -0.4 is 10.6 Å². The summed E-state index contributed by atoms with van der Waals surface area (Å²) in [6.07, 6.45) is 3.22. The van der Waals surface area contributed by atoms with Gasteiger partial charge in [-0.15, -0.1) is 0 Å². The quantitative estimate of drug-likeness (QED) is 0.567. The first-order chi connectivity index (χ1) is 13.4. The molecule has 0 spiro atoms. The number of carbonyl (C=O) groups is 2. The maximum absolute atomic E-state index is 12.6. The fourth-order valence-corrected chi connectivity index (χ4v) is 2.89. The van der Waals surface area contributed by atoms with E-state index in [0.717, 1.165) is 11.4 Å². The summed E-state index contributed by atoms with van der Waals surface area (Å²) >= 11 is 0. The molecule has 0 fully saturated rings. The molecule has 0 radical (unpaired) electrons. The second kappa shape index (κ2) is 8.48. The highest BCUT2D eigenvalue weighted by molar-refractivity contribution is 6.05. The van der Waals surface area contributed by atoms with Crippen LogP contribution in [0.5, 0.6) is 0 Å². The third kappa shape index (κ3) is 4.62. The third-order valence-electron chi connectivity index (χ3n) is 4.41. The van der Waals surface area contributed by atoms with Gasteiger partial charge in [0.1, 0.15) is 0 Å². The van der Waals surface area contributed by atoms with Crippen molar-refractivity contribution in [1.82, 2.24) is 4.98 Å². The van der Waals surface area contributed by atoms with Crippen LogP contribution in [0.3, 0.4) is 0 Å². The number of anilines is 3. The maximum atomic E-state index is 12.6. The standard InChI is InChI=1S/C23H23N3O2/c1-15(2)21-6-4-5-7-22(21)25-20-12-18(13-24-14-20)23(28)26-19-10-8-17(9-11-19)16(3)27/h4-15,25H,1-3H3,(H,26,28). The number of benzene rings is 2. The van der Waals surface area contributed by atoms with E-state index in [0.29, 0.717) is 22.7 Å². The molecule has 3 rings (SSSR count). The van der Waals surface area contributed by atoms with E-state index in [2.05, 4.69) is 35.5 Å². The number of pyridine rings is 1. The number of hydrogen-bond acceptors (Lipinski definition) is 4. The fourth-order valence-electron chi connectivity index (χ4n) is 2.89. The molecular weight excluding hydrogens is 350 g/mol. The van der Waals surface area contributed by atoms with E-state index >= 15 is 0 Å². The van der Waals surface area contributed by atoms with Crippen LogP contribution in [0.4, 0.5) is 17.1 Å². The van der Waals surface area contributed by atoms with Gasteiger partial charge in [-0.2, -0.15) is 0 Å². The lowest BCUT2D eigenvalue weighted by Crippen LogP contribution is -2.12. The van der Waals surface area contributed by atoms with Crippen molar-refractivity contribution in [3.8, 4) is 0 Å². The lowest BCUT2D eigenvalue weighted by molar-refractivity contribution is 0.101. The number of para-hydroxylation sites is 1. The zero-order valence-electron chi connectivity index (χ0n) is 16.2. The Balaban J connectivity index is 1.76. The van der Waals surface area contributed by atoms with Gasteiger partial charge in [0.25, 0.3) is 5.91 Å². The zero-order chi connectivity index (χ0) is 20.1. The first kappa shape index (κ1) is 19.3. The van der Waals surface area contributed by atoms with Gasteiger partial charge in [0.05, 0.1) is 17.4 Å². The molecule has 0 saturated carbocycles. The van der Waals surface area contributed by atoms with Crippen LogP contribution in [0.25, 0.3) is 0 Å². The molecular formula is C23H23N3O2. The van der Waals surface area contributed by atoms with Gasteiger partial charge in [0, 0.05) is 23.1 Å². The predicted octanol–water partition coefficient (Wildman–Crippen LogP) is 5.40. The summed E-state index contributed by atoms with van der Waals surface area (Å²) in [5.74, 6) is 0.104. The molecule has 28 heavy (non-hydrogen) atoms. The first-order valence-electron chi connectivity index (χ1n) is 9.17. The highest BCUT2D eigenvalue weighted by Crippen LogP contribution is 2.27. The van der Waals surface area contributed by atoms with Crippen LogP contribution in [0.2, 0.25) is 0 Å². The number of nitrogens with one attached hydrogen (secondary N) is 2. The van der Waals surface area contributed by atoms with E-state index in [9.17, 15) is 9.59 Å². The summed E-state index contributed by atoms with van der Waals surface area (Å²) < 4.78 is 0. The number of aromatic nitrogens is 1. The Morgan fingerprint density at radius 1 is 0.893 bits per heavy atom. The summed E-state index contributed by atoms with van der Waals surface area (Å²) in [5.41, 5.74) is 4.61. The molecule has 5 heteroatoms. The minimum Gasteiger partial charge on any atom is -0.354 e. The number of carbonyl (C=O) groups excluding carboxylic acids is 2. The highest BCUT2D eigenvalue weighted by Gasteiger charge is 2.10. The number of rotatable bonds is 6. The third-order valence-corrected chi connectivity index (χ3v) is 4.41. The van der Waals surface area contributed by atoms with Crippen LogP contribution in [0.1, 0.15) is 53.0 Å². The van der Waals surface area contributed by atoms with Gasteiger partial charge in [-0.1, -0.05) is 32.0 Å². The second-order valence-corrected chi connectivity index (χ2v) is 6.92. The van der Waals surface area contributed by atoms with Crippen LogP contribution in [0, 0.1) is 0 Å². The maximum Gasteiger partial charge on any atom is 0.257 e. The van der Waals surface area contributed by atoms with Crippen molar-refractivity contribution in [1.29, 1.82) is 0 Å².